The highest BCUT2D eigenvalue weighted by Gasteiger charge is 2.53. The molecule has 2 bridgehead atoms. The number of rotatable bonds is 8. The van der Waals surface area contributed by atoms with Crippen LogP contribution in [0.25, 0.3) is 0 Å². The number of nitrogens with zero attached hydrogens (tertiary/aromatic N) is 2. The third-order valence-electron chi connectivity index (χ3n) is 8.84. The Balaban J connectivity index is 1.14. The monoisotopic (exact) mass is 492 g/mol. The van der Waals surface area contributed by atoms with Gasteiger partial charge in [0.25, 0.3) is 0 Å². The number of aromatic nitrogens is 1. The smallest absolute Gasteiger partial charge is 0.226 e. The van der Waals surface area contributed by atoms with E-state index in [0.717, 1.165) is 76.0 Å². The van der Waals surface area contributed by atoms with Crippen LogP contribution >= 0.6 is 0 Å². The second-order valence-electron chi connectivity index (χ2n) is 10.8. The zero-order valence-corrected chi connectivity index (χ0v) is 20.9. The summed E-state index contributed by atoms with van der Waals surface area (Å²) in [5, 5.41) is 3.43. The molecule has 1 aromatic heterocycles. The van der Waals surface area contributed by atoms with Crippen LogP contribution in [0.2, 0.25) is 0 Å². The van der Waals surface area contributed by atoms with Crippen LogP contribution < -0.4 is 20.7 Å². The molecule has 1 aliphatic heterocycles. The zero-order valence-electron chi connectivity index (χ0n) is 20.9. The minimum absolute atomic E-state index is 0.149. The van der Waals surface area contributed by atoms with Gasteiger partial charge in [-0.05, 0) is 86.6 Å². The van der Waals surface area contributed by atoms with E-state index >= 15 is 0 Å². The number of benzene rings is 1. The Morgan fingerprint density at radius 2 is 1.78 bits per heavy atom. The van der Waals surface area contributed by atoms with Gasteiger partial charge < -0.3 is 20.7 Å². The van der Waals surface area contributed by atoms with Crippen molar-refractivity contribution < 1.29 is 13.9 Å². The molecule has 0 spiro atoms. The van der Waals surface area contributed by atoms with Crippen molar-refractivity contribution in [2.24, 2.45) is 11.1 Å². The number of pyridine rings is 1. The maximum atomic E-state index is 13.5. The molecule has 192 valence electrons. The first-order valence-electron chi connectivity index (χ1n) is 13.2. The van der Waals surface area contributed by atoms with Crippen LogP contribution in [0.4, 0.5) is 10.2 Å². The molecule has 0 radical (unpaired) electrons. The number of carbonyl (C=O) groups is 1. The Kier molecular flexibility index (Phi) is 7.28. The number of piperidine rings is 1. The Labute approximate surface area is 213 Å². The molecule has 6 nitrogen and oxygen atoms in total. The van der Waals surface area contributed by atoms with E-state index in [1.165, 1.54) is 5.56 Å². The van der Waals surface area contributed by atoms with E-state index in [2.05, 4.69) is 33.4 Å². The largest absolute Gasteiger partial charge is 0.489 e. The van der Waals surface area contributed by atoms with Crippen molar-refractivity contribution in [1.29, 1.82) is 0 Å². The molecule has 36 heavy (non-hydrogen) atoms. The van der Waals surface area contributed by atoms with E-state index in [-0.39, 0.29) is 35.9 Å². The van der Waals surface area contributed by atoms with E-state index in [9.17, 15) is 9.18 Å². The predicted molar refractivity (Wildman–Crippen MR) is 140 cm³/mol. The van der Waals surface area contributed by atoms with Crippen molar-refractivity contribution in [3.8, 4) is 5.75 Å². The quantitative estimate of drug-likeness (QED) is 0.561. The number of halogens is 1. The van der Waals surface area contributed by atoms with Gasteiger partial charge in [-0.1, -0.05) is 18.2 Å². The van der Waals surface area contributed by atoms with Crippen LogP contribution in [0.15, 0.2) is 60.6 Å². The summed E-state index contributed by atoms with van der Waals surface area (Å²) in [6.45, 7) is 2.17. The highest BCUT2D eigenvalue weighted by atomic mass is 19.1. The molecular formula is C29H37FN4O2. The van der Waals surface area contributed by atoms with E-state index < -0.39 is 0 Å². The summed E-state index contributed by atoms with van der Waals surface area (Å²) in [5.41, 5.74) is 7.20. The van der Waals surface area contributed by atoms with Gasteiger partial charge in [0.2, 0.25) is 5.91 Å². The first-order chi connectivity index (χ1) is 17.6. The number of amides is 1. The number of nitrogens with one attached hydrogen (secondary N) is 1. The minimum atomic E-state index is -0.208. The molecule has 1 aromatic carbocycles. The molecule has 2 heterocycles. The third-order valence-corrected chi connectivity index (χ3v) is 8.84. The third kappa shape index (κ3) is 4.99. The van der Waals surface area contributed by atoms with Crippen LogP contribution in [0.1, 0.15) is 56.9 Å². The summed E-state index contributed by atoms with van der Waals surface area (Å²) in [5.74, 6) is 2.01. The highest BCUT2D eigenvalue weighted by Crippen LogP contribution is 2.58. The van der Waals surface area contributed by atoms with Crippen molar-refractivity contribution in [3.05, 3.63) is 66.1 Å². The Hall–Kier alpha value is -2.93. The average molecular weight is 493 g/mol. The molecule has 2 aromatic rings. The first kappa shape index (κ1) is 24.8. The molecule has 1 saturated heterocycles. The zero-order chi connectivity index (χ0) is 25.0. The molecule has 7 heteroatoms. The molecular weight excluding hydrogens is 455 g/mol. The molecule has 4 aliphatic rings. The number of fused-ring (bicyclic) bond motifs is 3. The topological polar surface area (TPSA) is 80.5 Å². The lowest BCUT2D eigenvalue weighted by atomic mass is 9.51. The predicted octanol–water partition coefficient (Wildman–Crippen LogP) is 4.65. The van der Waals surface area contributed by atoms with Crippen LogP contribution in [0.3, 0.4) is 0 Å². The van der Waals surface area contributed by atoms with Crippen molar-refractivity contribution in [3.63, 3.8) is 0 Å². The molecule has 4 fully saturated rings. The van der Waals surface area contributed by atoms with E-state index in [4.69, 9.17) is 10.5 Å². The van der Waals surface area contributed by atoms with Gasteiger partial charge in [-0.15, -0.1) is 0 Å². The fourth-order valence-corrected chi connectivity index (χ4v) is 6.31. The Bertz CT molecular complexity index is 1040. The summed E-state index contributed by atoms with van der Waals surface area (Å²) in [6, 6.07) is 14.5. The number of hydrogen-bond acceptors (Lipinski definition) is 5. The molecule has 0 unspecified atom stereocenters. The summed E-state index contributed by atoms with van der Waals surface area (Å²) >= 11 is 0. The Morgan fingerprint density at radius 3 is 2.36 bits per heavy atom. The van der Waals surface area contributed by atoms with E-state index in [0.29, 0.717) is 11.9 Å². The second-order valence-corrected chi connectivity index (χ2v) is 10.8. The van der Waals surface area contributed by atoms with Gasteiger partial charge in [-0.25, -0.2) is 9.37 Å². The number of anilines is 1. The average Bonchev–Trinajstić information content (AvgIpc) is 2.96. The van der Waals surface area contributed by atoms with Crippen LogP contribution in [-0.2, 0) is 10.2 Å². The van der Waals surface area contributed by atoms with Crippen molar-refractivity contribution in [2.45, 2.75) is 62.8 Å². The fourth-order valence-electron chi connectivity index (χ4n) is 6.31. The van der Waals surface area contributed by atoms with Gasteiger partial charge in [0.15, 0.2) is 0 Å². The normalized spacial score (nSPS) is 26.6. The van der Waals surface area contributed by atoms with Crippen molar-refractivity contribution in [1.82, 2.24) is 10.3 Å². The summed E-state index contributed by atoms with van der Waals surface area (Å²) in [7, 11) is 0. The standard InChI is InChI=1S/C29H37FN4O2/c30-19-22(20-31)21-36-25-6-4-23(5-7-25)28-10-13-29(14-11-28,15-12-28)27(35)33-24-8-17-34(18-9-24)26-3-1-2-16-32-26/h1-7,16,19,24H,8-15,17-18,20-21,31H2,(H,33,35). The maximum Gasteiger partial charge on any atom is 0.226 e. The van der Waals surface area contributed by atoms with Crippen molar-refractivity contribution in [2.75, 3.05) is 31.1 Å². The minimum Gasteiger partial charge on any atom is -0.489 e. The van der Waals surface area contributed by atoms with E-state index in [1.807, 2.05) is 30.5 Å². The first-order valence-corrected chi connectivity index (χ1v) is 13.2. The number of carbonyl (C=O) groups excluding carboxylic acids is 1. The van der Waals surface area contributed by atoms with Gasteiger partial charge in [0.05, 0.1) is 6.33 Å². The molecule has 3 saturated carbocycles. The molecule has 3 N–H and O–H groups in total. The fraction of sp³-hybridized carbons (Fsp3) is 0.517. The lowest BCUT2D eigenvalue weighted by Crippen LogP contribution is -2.55. The highest BCUT2D eigenvalue weighted by molar-refractivity contribution is 5.83. The van der Waals surface area contributed by atoms with Gasteiger partial charge in [0.1, 0.15) is 18.2 Å². The van der Waals surface area contributed by atoms with Crippen LogP contribution in [0.5, 0.6) is 5.75 Å². The molecule has 0 atom stereocenters. The SMILES string of the molecule is NCC(=CF)COc1ccc(C23CCC(C(=O)NC4CCN(c5ccccn5)CC4)(CC2)CC3)cc1. The summed E-state index contributed by atoms with van der Waals surface area (Å²) in [6.07, 6.45) is 10.3. The van der Waals surface area contributed by atoms with Gasteiger partial charge in [0, 0.05) is 42.9 Å². The van der Waals surface area contributed by atoms with Crippen LogP contribution in [-0.4, -0.2) is 43.2 Å². The number of nitrogens with two attached hydrogens (primary N) is 1. The Morgan fingerprint density at radius 1 is 1.08 bits per heavy atom. The molecule has 3 aliphatic carbocycles. The lowest BCUT2D eigenvalue weighted by Gasteiger charge is -2.53. The van der Waals surface area contributed by atoms with E-state index in [1.54, 1.807) is 0 Å². The maximum absolute atomic E-state index is 13.5. The van der Waals surface area contributed by atoms with Crippen molar-refractivity contribution >= 4 is 11.7 Å². The molecule has 1 amide bonds. The number of ether oxygens (including phenoxy) is 1. The second kappa shape index (κ2) is 10.6. The van der Waals surface area contributed by atoms with Gasteiger partial charge in [-0.2, -0.15) is 0 Å². The summed E-state index contributed by atoms with van der Waals surface area (Å²) < 4.78 is 18.4. The molecule has 6 rings (SSSR count). The van der Waals surface area contributed by atoms with Gasteiger partial charge >= 0.3 is 0 Å². The van der Waals surface area contributed by atoms with Gasteiger partial charge in [-0.3, -0.25) is 4.79 Å². The van der Waals surface area contributed by atoms with Crippen LogP contribution in [0, 0.1) is 5.41 Å². The lowest BCUT2D eigenvalue weighted by molar-refractivity contribution is -0.138. The summed E-state index contributed by atoms with van der Waals surface area (Å²) in [4.78, 5) is 20.2. The number of hydrogen-bond donors (Lipinski definition) is 2.